The molecule has 4 aromatic heterocycles. The van der Waals surface area contributed by atoms with Gasteiger partial charge in [-0.3, -0.25) is 0 Å². The van der Waals surface area contributed by atoms with Gasteiger partial charge in [-0.25, -0.2) is 15.0 Å². The van der Waals surface area contributed by atoms with Crippen LogP contribution in [0.3, 0.4) is 0 Å². The number of H-pyrrole nitrogens is 1. The predicted octanol–water partition coefficient (Wildman–Crippen LogP) is 0.253. The van der Waals surface area contributed by atoms with Crippen LogP contribution < -0.4 is 4.52 Å². The largest absolute Gasteiger partial charge is 0.346 e. The van der Waals surface area contributed by atoms with E-state index in [0.29, 0.717) is 0 Å². The minimum absolute atomic E-state index is 0.733. The lowest BCUT2D eigenvalue weighted by Crippen LogP contribution is -2.24. The third kappa shape index (κ3) is 1.21. The van der Waals surface area contributed by atoms with Gasteiger partial charge in [-0.15, -0.1) is 9.15 Å². The average Bonchev–Trinajstić information content (AvgIpc) is 2.99. The zero-order valence-electron chi connectivity index (χ0n) is 9.22. The van der Waals surface area contributed by atoms with Crippen molar-refractivity contribution in [2.75, 3.05) is 0 Å². The molecule has 0 spiro atoms. The van der Waals surface area contributed by atoms with Crippen molar-refractivity contribution < 1.29 is 4.52 Å². The SMILES string of the molecule is c1cn2[nH]c3ncc(-c4cncnc4)nc3[n+]2c1. The van der Waals surface area contributed by atoms with Gasteiger partial charge >= 0.3 is 5.65 Å². The highest BCUT2D eigenvalue weighted by Gasteiger charge is 2.15. The molecule has 1 N–H and O–H groups in total. The molecule has 18 heavy (non-hydrogen) atoms. The predicted molar refractivity (Wildman–Crippen MR) is 61.5 cm³/mol. The summed E-state index contributed by atoms with van der Waals surface area (Å²) in [5.41, 5.74) is 3.09. The van der Waals surface area contributed by atoms with Crippen LogP contribution in [0, 0.1) is 0 Å². The molecule has 0 saturated carbocycles. The maximum absolute atomic E-state index is 4.57. The first-order valence-corrected chi connectivity index (χ1v) is 5.41. The molecule has 4 aromatic rings. The molecule has 0 fully saturated rings. The summed E-state index contributed by atoms with van der Waals surface area (Å²) in [6.45, 7) is 0. The molecule has 86 valence electrons. The smallest absolute Gasteiger partial charge is 0.244 e. The fourth-order valence-electron chi connectivity index (χ4n) is 1.91. The fourth-order valence-corrected chi connectivity index (χ4v) is 1.91. The van der Waals surface area contributed by atoms with Gasteiger partial charge in [-0.05, 0) is 6.07 Å². The third-order valence-electron chi connectivity index (χ3n) is 2.73. The second-order valence-electron chi connectivity index (χ2n) is 3.85. The zero-order valence-corrected chi connectivity index (χ0v) is 9.22. The summed E-state index contributed by atoms with van der Waals surface area (Å²) in [5, 5.41) is 3.11. The number of rotatable bonds is 1. The zero-order chi connectivity index (χ0) is 11.9. The Bertz CT molecular complexity index is 830. The summed E-state index contributed by atoms with van der Waals surface area (Å²) < 4.78 is 3.70. The summed E-state index contributed by atoms with van der Waals surface area (Å²) in [6.07, 6.45) is 10.4. The molecule has 0 amide bonds. The topological polar surface area (TPSA) is 75.9 Å². The molecule has 4 rings (SSSR count). The maximum atomic E-state index is 4.57. The van der Waals surface area contributed by atoms with Crippen molar-refractivity contribution in [2.24, 2.45) is 0 Å². The van der Waals surface area contributed by atoms with Crippen molar-refractivity contribution in [3.8, 4) is 11.3 Å². The molecule has 0 atom stereocenters. The van der Waals surface area contributed by atoms with E-state index in [4.69, 9.17) is 0 Å². The normalized spacial score (nSPS) is 11.3. The van der Waals surface area contributed by atoms with Crippen molar-refractivity contribution in [1.82, 2.24) is 29.7 Å². The van der Waals surface area contributed by atoms with E-state index in [2.05, 4.69) is 25.0 Å². The molecule has 0 bridgehead atoms. The first kappa shape index (κ1) is 9.23. The second kappa shape index (κ2) is 3.33. The molecular weight excluding hydrogens is 230 g/mol. The maximum Gasteiger partial charge on any atom is 0.346 e. The minimum atomic E-state index is 0.733. The van der Waals surface area contributed by atoms with Crippen molar-refractivity contribution in [1.29, 1.82) is 0 Å². The Balaban J connectivity index is 2.02. The van der Waals surface area contributed by atoms with Crippen molar-refractivity contribution in [3.63, 3.8) is 0 Å². The molecular formula is C11H8N7+. The molecule has 7 heteroatoms. The van der Waals surface area contributed by atoms with E-state index in [1.807, 2.05) is 27.6 Å². The third-order valence-corrected chi connectivity index (χ3v) is 2.73. The van der Waals surface area contributed by atoms with Gasteiger partial charge < -0.3 is 0 Å². The summed E-state index contributed by atoms with van der Waals surface area (Å²) in [6, 6.07) is 1.93. The molecule has 0 aliphatic carbocycles. The van der Waals surface area contributed by atoms with Crippen LogP contribution in [0.25, 0.3) is 22.6 Å². The van der Waals surface area contributed by atoms with E-state index in [1.165, 1.54) is 6.33 Å². The Morgan fingerprint density at radius 2 is 2.06 bits per heavy atom. The van der Waals surface area contributed by atoms with Crippen LogP contribution >= 0.6 is 0 Å². The van der Waals surface area contributed by atoms with E-state index < -0.39 is 0 Å². The molecule has 0 aromatic carbocycles. The quantitative estimate of drug-likeness (QED) is 0.482. The van der Waals surface area contributed by atoms with Gasteiger partial charge in [0.15, 0.2) is 5.69 Å². The lowest BCUT2D eigenvalue weighted by Gasteiger charge is -1.92. The van der Waals surface area contributed by atoms with Gasteiger partial charge in [0.1, 0.15) is 6.33 Å². The molecule has 0 aliphatic heterocycles. The highest BCUT2D eigenvalue weighted by Crippen LogP contribution is 2.14. The Morgan fingerprint density at radius 3 is 2.94 bits per heavy atom. The van der Waals surface area contributed by atoms with Crippen LogP contribution in [0.1, 0.15) is 0 Å². The number of aromatic nitrogens is 7. The van der Waals surface area contributed by atoms with E-state index in [9.17, 15) is 0 Å². The van der Waals surface area contributed by atoms with Crippen molar-refractivity contribution in [2.45, 2.75) is 0 Å². The van der Waals surface area contributed by atoms with Gasteiger partial charge in [0.05, 0.1) is 24.2 Å². The molecule has 0 unspecified atom stereocenters. The Labute approximate surface area is 101 Å². The second-order valence-corrected chi connectivity index (χ2v) is 3.85. The van der Waals surface area contributed by atoms with Crippen LogP contribution in [0.15, 0.2) is 43.4 Å². The lowest BCUT2D eigenvalue weighted by molar-refractivity contribution is -0.594. The summed E-state index contributed by atoms with van der Waals surface area (Å²) in [5.74, 6) is 0. The van der Waals surface area contributed by atoms with Gasteiger partial charge in [-0.2, -0.15) is 5.10 Å². The van der Waals surface area contributed by atoms with Gasteiger partial charge in [-0.1, -0.05) is 4.98 Å². The summed E-state index contributed by atoms with van der Waals surface area (Å²) in [4.78, 5) is 16.9. The van der Waals surface area contributed by atoms with E-state index in [-0.39, 0.29) is 0 Å². The Kier molecular flexibility index (Phi) is 1.71. The van der Waals surface area contributed by atoms with Crippen LogP contribution in [-0.2, 0) is 0 Å². The van der Waals surface area contributed by atoms with Gasteiger partial charge in [0.2, 0.25) is 0 Å². The number of hydrogen-bond acceptors (Lipinski definition) is 4. The summed E-state index contributed by atoms with van der Waals surface area (Å²) in [7, 11) is 0. The standard InChI is InChI=1S/C11H8N7/c1-2-17-11-10(16-18(17)3-1)14-6-9(15-11)8-4-12-7-13-5-8/h1-7H,(H,14,16)/q+1. The van der Waals surface area contributed by atoms with Crippen LogP contribution in [0.4, 0.5) is 0 Å². The summed E-state index contributed by atoms with van der Waals surface area (Å²) >= 11 is 0. The molecule has 0 aliphatic rings. The first-order valence-electron chi connectivity index (χ1n) is 5.41. The monoisotopic (exact) mass is 238 g/mol. The van der Waals surface area contributed by atoms with Gasteiger partial charge in [0.25, 0.3) is 5.65 Å². The molecule has 4 heterocycles. The van der Waals surface area contributed by atoms with Crippen molar-refractivity contribution in [3.05, 3.63) is 43.4 Å². The molecule has 7 nitrogen and oxygen atoms in total. The minimum Gasteiger partial charge on any atom is -0.244 e. The van der Waals surface area contributed by atoms with Crippen LogP contribution in [0.2, 0.25) is 0 Å². The van der Waals surface area contributed by atoms with Crippen molar-refractivity contribution >= 4 is 11.3 Å². The number of nitrogens with zero attached hydrogens (tertiary/aromatic N) is 6. The van der Waals surface area contributed by atoms with E-state index in [1.54, 1.807) is 18.6 Å². The lowest BCUT2D eigenvalue weighted by atomic mass is 10.2. The Hall–Kier alpha value is -2.83. The number of hydrogen-bond donors (Lipinski definition) is 1. The van der Waals surface area contributed by atoms with Crippen LogP contribution in [-0.4, -0.2) is 29.7 Å². The Morgan fingerprint density at radius 1 is 1.17 bits per heavy atom. The average molecular weight is 238 g/mol. The number of fused-ring (bicyclic) bond motifs is 3. The highest BCUT2D eigenvalue weighted by atomic mass is 15.5. The van der Waals surface area contributed by atoms with E-state index >= 15 is 0 Å². The number of aromatic amines is 1. The number of nitrogens with one attached hydrogen (secondary N) is 1. The molecule has 0 saturated heterocycles. The van der Waals surface area contributed by atoms with Crippen LogP contribution in [0.5, 0.6) is 0 Å². The fraction of sp³-hybridized carbons (Fsp3) is 0. The first-order chi connectivity index (χ1) is 8.92. The highest BCUT2D eigenvalue weighted by molar-refractivity contribution is 5.66. The van der Waals surface area contributed by atoms with E-state index in [0.717, 1.165) is 22.6 Å². The van der Waals surface area contributed by atoms with Gasteiger partial charge in [0, 0.05) is 12.4 Å². The molecule has 0 radical (unpaired) electrons.